The third-order valence-corrected chi connectivity index (χ3v) is 8.97. The summed E-state index contributed by atoms with van der Waals surface area (Å²) in [6.45, 7) is 3.78. The maximum absolute atomic E-state index is 13.5. The number of thiazole rings is 2. The Morgan fingerprint density at radius 1 is 1.12 bits per heavy atom. The van der Waals surface area contributed by atoms with E-state index < -0.39 is 34.3 Å². The molecule has 3 aromatic rings. The summed E-state index contributed by atoms with van der Waals surface area (Å²) in [5.41, 5.74) is -1.68. The molecule has 7 nitrogen and oxygen atoms in total. The van der Waals surface area contributed by atoms with Crippen LogP contribution in [0, 0.1) is 6.92 Å². The fourth-order valence-corrected chi connectivity index (χ4v) is 7.12. The van der Waals surface area contributed by atoms with Crippen LogP contribution in [0.4, 0.5) is 26.3 Å². The van der Waals surface area contributed by atoms with Crippen molar-refractivity contribution in [3.63, 3.8) is 0 Å². The Kier molecular flexibility index (Phi) is 9.26. The van der Waals surface area contributed by atoms with Crippen LogP contribution in [-0.4, -0.2) is 46.2 Å². The number of amides is 1. The molecule has 1 amide bonds. The van der Waals surface area contributed by atoms with Gasteiger partial charge in [0.1, 0.15) is 26.4 Å². The molecule has 0 bridgehead atoms. The minimum atomic E-state index is -5.36. The molecule has 0 radical (unpaired) electrons. The fourth-order valence-electron chi connectivity index (χ4n) is 4.23. The first-order valence-electron chi connectivity index (χ1n) is 11.8. The van der Waals surface area contributed by atoms with Gasteiger partial charge in [0.25, 0.3) is 0 Å². The number of hydrogen-bond acceptors (Lipinski definition) is 8. The lowest BCUT2D eigenvalue weighted by atomic mass is 9.97. The van der Waals surface area contributed by atoms with Gasteiger partial charge in [0, 0.05) is 36.0 Å². The summed E-state index contributed by atoms with van der Waals surface area (Å²) in [7, 11) is 0. The van der Waals surface area contributed by atoms with E-state index in [0.717, 1.165) is 17.4 Å². The molecule has 4 rings (SSSR count). The largest absolute Gasteiger partial charge is 0.573 e. The van der Waals surface area contributed by atoms with Crippen molar-refractivity contribution in [3.8, 4) is 22.9 Å². The van der Waals surface area contributed by atoms with Gasteiger partial charge in [-0.15, -0.1) is 35.8 Å². The Labute approximate surface area is 250 Å². The van der Waals surface area contributed by atoms with E-state index in [9.17, 15) is 35.9 Å². The van der Waals surface area contributed by atoms with E-state index in [0.29, 0.717) is 46.9 Å². The summed E-state index contributed by atoms with van der Waals surface area (Å²) in [5.74, 6) is -2.04. The Balaban J connectivity index is 1.47. The lowest BCUT2D eigenvalue weighted by molar-refractivity contribution is -0.276. The molecule has 0 aliphatic carbocycles. The van der Waals surface area contributed by atoms with Crippen molar-refractivity contribution in [2.45, 2.75) is 51.6 Å². The number of aromatic nitrogens is 2. The van der Waals surface area contributed by atoms with Gasteiger partial charge in [-0.1, -0.05) is 27.5 Å². The van der Waals surface area contributed by atoms with Crippen LogP contribution >= 0.6 is 50.2 Å². The van der Waals surface area contributed by atoms with Gasteiger partial charge >= 0.3 is 18.5 Å². The highest BCUT2D eigenvalue weighted by Crippen LogP contribution is 2.47. The lowest BCUT2D eigenvalue weighted by Crippen LogP contribution is -2.38. The molecule has 3 heterocycles. The minimum Gasteiger partial charge on any atom is -0.406 e. The average molecular weight is 707 g/mol. The number of carbonyl (C=O) groups is 2. The van der Waals surface area contributed by atoms with E-state index in [2.05, 4.69) is 30.6 Å². The molecule has 41 heavy (non-hydrogen) atoms. The molecular formula is C24H19BrClF6N3O4S2. The number of benzene rings is 1. The van der Waals surface area contributed by atoms with Gasteiger partial charge in [0.2, 0.25) is 11.8 Å². The zero-order valence-electron chi connectivity index (χ0n) is 21.1. The summed E-state index contributed by atoms with van der Waals surface area (Å²) in [6, 6.07) is 1.60. The number of esters is 1. The van der Waals surface area contributed by atoms with Crippen LogP contribution in [0.3, 0.4) is 0 Å². The molecule has 2 aromatic heterocycles. The van der Waals surface area contributed by atoms with Crippen molar-refractivity contribution in [2.24, 2.45) is 0 Å². The van der Waals surface area contributed by atoms with Crippen molar-refractivity contribution >= 4 is 62.1 Å². The zero-order valence-corrected chi connectivity index (χ0v) is 25.1. The van der Waals surface area contributed by atoms with Crippen molar-refractivity contribution < 1.29 is 45.4 Å². The van der Waals surface area contributed by atoms with E-state index in [1.54, 1.807) is 11.8 Å². The number of likely N-dealkylation sites (tertiary alicyclic amines) is 1. The monoisotopic (exact) mass is 705 g/mol. The molecule has 1 fully saturated rings. The molecule has 222 valence electrons. The molecule has 1 saturated heterocycles. The van der Waals surface area contributed by atoms with Crippen LogP contribution < -0.4 is 9.47 Å². The third-order valence-electron chi connectivity index (χ3n) is 5.98. The summed E-state index contributed by atoms with van der Waals surface area (Å²) < 4.78 is 87.2. The molecular weight excluding hydrogens is 688 g/mol. The number of aryl methyl sites for hydroxylation is 1. The van der Waals surface area contributed by atoms with E-state index >= 15 is 0 Å². The van der Waals surface area contributed by atoms with Gasteiger partial charge < -0.3 is 14.4 Å². The standard InChI is InChI=1S/C24H19BrClF6N3O4S2/c1-10-21(38-11(2)36)33-16(40-10)9-17(37)35-5-3-12(4-6-35)22-34-19(20(26)41-22)13-7-14(25)18(23(27,28)29)15(8-13)39-24(30,31)32/h7-8,12H,3-6,9H2,1-2H3. The van der Waals surface area contributed by atoms with Crippen LogP contribution in [0.1, 0.15) is 46.1 Å². The molecule has 17 heteroatoms. The van der Waals surface area contributed by atoms with Crippen molar-refractivity contribution in [2.75, 3.05) is 13.1 Å². The quantitative estimate of drug-likeness (QED) is 0.192. The second kappa shape index (κ2) is 12.1. The SMILES string of the molecule is CC(=O)Oc1nc(CC(=O)N2CCC(c3nc(-c4cc(Br)c(C(F)(F)F)c(OC(F)(F)F)c4)c(Cl)s3)CC2)sc1C. The van der Waals surface area contributed by atoms with Crippen LogP contribution in [0.25, 0.3) is 11.3 Å². The van der Waals surface area contributed by atoms with Gasteiger partial charge in [-0.25, -0.2) is 9.97 Å². The number of carbonyl (C=O) groups excluding carboxylic acids is 2. The highest BCUT2D eigenvalue weighted by Gasteiger charge is 2.41. The highest BCUT2D eigenvalue weighted by molar-refractivity contribution is 9.10. The summed E-state index contributed by atoms with van der Waals surface area (Å²) in [4.78, 5) is 35.0. The predicted molar refractivity (Wildman–Crippen MR) is 142 cm³/mol. The van der Waals surface area contributed by atoms with E-state index in [1.165, 1.54) is 18.3 Å². The number of alkyl halides is 6. The Morgan fingerprint density at radius 2 is 1.78 bits per heavy atom. The summed E-state index contributed by atoms with van der Waals surface area (Å²) in [5, 5.41) is 1.06. The molecule has 1 aliphatic rings. The van der Waals surface area contributed by atoms with Gasteiger partial charge in [-0.2, -0.15) is 13.2 Å². The van der Waals surface area contributed by atoms with Gasteiger partial charge in [-0.05, 0) is 31.9 Å². The lowest BCUT2D eigenvalue weighted by Gasteiger charge is -2.31. The van der Waals surface area contributed by atoms with Crippen LogP contribution in [0.15, 0.2) is 16.6 Å². The van der Waals surface area contributed by atoms with Gasteiger partial charge in [0.05, 0.1) is 16.3 Å². The minimum absolute atomic E-state index is 0.0225. The zero-order chi connectivity index (χ0) is 30.3. The van der Waals surface area contributed by atoms with Crippen molar-refractivity contribution in [1.82, 2.24) is 14.9 Å². The molecule has 0 unspecified atom stereocenters. The summed E-state index contributed by atoms with van der Waals surface area (Å²) >= 11 is 11.4. The maximum Gasteiger partial charge on any atom is 0.573 e. The highest BCUT2D eigenvalue weighted by atomic mass is 79.9. The second-order valence-corrected chi connectivity index (χ2v) is 12.7. The number of hydrogen-bond donors (Lipinski definition) is 0. The second-order valence-electron chi connectivity index (χ2n) is 8.95. The topological polar surface area (TPSA) is 81.6 Å². The Morgan fingerprint density at radius 3 is 2.37 bits per heavy atom. The Hall–Kier alpha value is -2.43. The molecule has 0 spiro atoms. The smallest absolute Gasteiger partial charge is 0.406 e. The number of rotatable bonds is 6. The van der Waals surface area contributed by atoms with Crippen LogP contribution in [-0.2, 0) is 22.2 Å². The Bertz CT molecular complexity index is 1470. The number of ether oxygens (including phenoxy) is 2. The molecule has 0 saturated carbocycles. The molecule has 0 N–H and O–H groups in total. The predicted octanol–water partition coefficient (Wildman–Crippen LogP) is 7.78. The number of piperidine rings is 1. The summed E-state index contributed by atoms with van der Waals surface area (Å²) in [6.07, 6.45) is -9.41. The van der Waals surface area contributed by atoms with E-state index in [4.69, 9.17) is 16.3 Å². The van der Waals surface area contributed by atoms with Crippen LogP contribution in [0.2, 0.25) is 4.34 Å². The normalized spacial score (nSPS) is 14.8. The molecule has 1 aliphatic heterocycles. The number of nitrogens with zero attached hydrogens (tertiary/aromatic N) is 3. The average Bonchev–Trinajstić information content (AvgIpc) is 3.38. The molecule has 1 aromatic carbocycles. The van der Waals surface area contributed by atoms with E-state index in [-0.39, 0.29) is 39.7 Å². The first kappa shape index (κ1) is 31.5. The van der Waals surface area contributed by atoms with Gasteiger partial charge in [-0.3, -0.25) is 9.59 Å². The van der Waals surface area contributed by atoms with E-state index in [1.807, 2.05) is 0 Å². The fraction of sp³-hybridized carbons (Fsp3) is 0.417. The van der Waals surface area contributed by atoms with Crippen LogP contribution in [0.5, 0.6) is 11.6 Å². The maximum atomic E-state index is 13.5. The van der Waals surface area contributed by atoms with Gasteiger partial charge in [0.15, 0.2) is 0 Å². The first-order valence-corrected chi connectivity index (χ1v) is 14.6. The van der Waals surface area contributed by atoms with Crippen molar-refractivity contribution in [3.05, 3.63) is 41.4 Å². The molecule has 0 atom stereocenters. The van der Waals surface area contributed by atoms with Crippen molar-refractivity contribution in [1.29, 1.82) is 0 Å². The number of halogens is 8. The third kappa shape index (κ3) is 7.70. The first-order chi connectivity index (χ1) is 19.0.